The Balaban J connectivity index is 1.56. The Morgan fingerprint density at radius 2 is 1.77 bits per heavy atom. The molecule has 1 aromatic carbocycles. The van der Waals surface area contributed by atoms with Gasteiger partial charge >= 0.3 is 0 Å². The van der Waals surface area contributed by atoms with E-state index in [-0.39, 0.29) is 0 Å². The summed E-state index contributed by atoms with van der Waals surface area (Å²) < 4.78 is 5.37. The summed E-state index contributed by atoms with van der Waals surface area (Å²) in [5, 5.41) is 6.63. The predicted molar refractivity (Wildman–Crippen MR) is 106 cm³/mol. The lowest BCUT2D eigenvalue weighted by molar-refractivity contribution is 0.0378. The average molecular weight is 356 g/mol. The third-order valence-corrected chi connectivity index (χ3v) is 4.42. The number of hydrogen-bond acceptors (Lipinski definition) is 7. The molecule has 0 spiro atoms. The number of nitrogens with one attached hydrogen (secondary N) is 2. The monoisotopic (exact) mass is 356 g/mol. The van der Waals surface area contributed by atoms with Gasteiger partial charge in [0.1, 0.15) is 12.0 Å². The molecule has 3 rings (SSSR count). The second-order valence-electron chi connectivity index (χ2n) is 6.72. The van der Waals surface area contributed by atoms with E-state index in [1.54, 1.807) is 0 Å². The van der Waals surface area contributed by atoms with E-state index in [1.807, 2.05) is 0 Å². The summed E-state index contributed by atoms with van der Waals surface area (Å²) in [4.78, 5) is 11.0. The van der Waals surface area contributed by atoms with E-state index in [9.17, 15) is 0 Å². The number of aryl methyl sites for hydroxylation is 2. The fourth-order valence-electron chi connectivity index (χ4n) is 3.15. The molecule has 0 aliphatic carbocycles. The van der Waals surface area contributed by atoms with E-state index in [4.69, 9.17) is 10.5 Å². The first-order valence-electron chi connectivity index (χ1n) is 9.11. The summed E-state index contributed by atoms with van der Waals surface area (Å²) in [6.45, 7) is 9.71. The number of morpholine rings is 1. The molecule has 140 valence electrons. The Labute approximate surface area is 155 Å². The number of benzene rings is 1. The van der Waals surface area contributed by atoms with E-state index in [0.717, 1.165) is 51.5 Å². The molecule has 4 N–H and O–H groups in total. The maximum absolute atomic E-state index is 6.26. The highest BCUT2D eigenvalue weighted by Gasteiger charge is 2.11. The lowest BCUT2D eigenvalue weighted by Gasteiger charge is -2.26. The van der Waals surface area contributed by atoms with E-state index >= 15 is 0 Å². The fourth-order valence-corrected chi connectivity index (χ4v) is 3.15. The van der Waals surface area contributed by atoms with Crippen LogP contribution in [0.4, 0.5) is 23.0 Å². The van der Waals surface area contributed by atoms with Gasteiger partial charge in [0.25, 0.3) is 0 Å². The van der Waals surface area contributed by atoms with Gasteiger partial charge in [0.15, 0.2) is 11.6 Å². The van der Waals surface area contributed by atoms with Crippen molar-refractivity contribution >= 4 is 23.0 Å². The van der Waals surface area contributed by atoms with Crippen molar-refractivity contribution in [2.75, 3.05) is 55.8 Å². The highest BCUT2D eigenvalue weighted by atomic mass is 16.5. The highest BCUT2D eigenvalue weighted by molar-refractivity contribution is 5.77. The van der Waals surface area contributed by atoms with Crippen molar-refractivity contribution in [1.29, 1.82) is 0 Å². The van der Waals surface area contributed by atoms with Gasteiger partial charge in [0, 0.05) is 25.3 Å². The largest absolute Gasteiger partial charge is 0.393 e. The van der Waals surface area contributed by atoms with Crippen LogP contribution in [0.3, 0.4) is 0 Å². The van der Waals surface area contributed by atoms with Crippen molar-refractivity contribution in [2.45, 2.75) is 20.3 Å². The summed E-state index contributed by atoms with van der Waals surface area (Å²) in [6, 6.07) is 6.28. The Bertz CT molecular complexity index is 710. The second kappa shape index (κ2) is 8.82. The van der Waals surface area contributed by atoms with Crippen molar-refractivity contribution in [1.82, 2.24) is 14.9 Å². The van der Waals surface area contributed by atoms with Gasteiger partial charge < -0.3 is 21.1 Å². The van der Waals surface area contributed by atoms with E-state index < -0.39 is 0 Å². The summed E-state index contributed by atoms with van der Waals surface area (Å²) in [7, 11) is 0. The number of nitrogens with zero attached hydrogens (tertiary/aromatic N) is 3. The quantitative estimate of drug-likeness (QED) is 0.657. The van der Waals surface area contributed by atoms with Crippen molar-refractivity contribution < 1.29 is 4.74 Å². The molecule has 26 heavy (non-hydrogen) atoms. The van der Waals surface area contributed by atoms with Gasteiger partial charge in [-0.2, -0.15) is 0 Å². The van der Waals surface area contributed by atoms with Crippen LogP contribution in [0.25, 0.3) is 0 Å². The molecule has 2 heterocycles. The lowest BCUT2D eigenvalue weighted by Crippen LogP contribution is -2.37. The first-order chi connectivity index (χ1) is 12.6. The minimum absolute atomic E-state index is 0.540. The molecule has 0 unspecified atom stereocenters. The Hall–Kier alpha value is -2.38. The van der Waals surface area contributed by atoms with Crippen LogP contribution >= 0.6 is 0 Å². The number of ether oxygens (including phenoxy) is 1. The van der Waals surface area contributed by atoms with Crippen LogP contribution in [0.1, 0.15) is 17.5 Å². The molecule has 0 bridgehead atoms. The van der Waals surface area contributed by atoms with Crippen LogP contribution in [0.15, 0.2) is 24.5 Å². The van der Waals surface area contributed by atoms with Gasteiger partial charge in [-0.3, -0.25) is 4.90 Å². The van der Waals surface area contributed by atoms with Crippen LogP contribution in [-0.4, -0.2) is 54.3 Å². The van der Waals surface area contributed by atoms with E-state index in [0.29, 0.717) is 17.3 Å². The third kappa shape index (κ3) is 5.06. The number of hydrogen-bond donors (Lipinski definition) is 3. The molecular formula is C19H28N6O. The normalized spacial score (nSPS) is 15.0. The summed E-state index contributed by atoms with van der Waals surface area (Å²) >= 11 is 0. The highest BCUT2D eigenvalue weighted by Crippen LogP contribution is 2.26. The van der Waals surface area contributed by atoms with Crippen molar-refractivity contribution in [2.24, 2.45) is 0 Å². The van der Waals surface area contributed by atoms with Gasteiger partial charge in [-0.1, -0.05) is 6.07 Å². The zero-order valence-electron chi connectivity index (χ0n) is 15.6. The van der Waals surface area contributed by atoms with Crippen LogP contribution in [0.2, 0.25) is 0 Å². The Kier molecular flexibility index (Phi) is 6.25. The standard InChI is InChI=1S/C19H28N6O/c1-14-10-15(2)12-16(11-14)24-19-17(20)18(22-13-23-19)21-4-3-5-25-6-8-26-9-7-25/h10-13H,3-9,20H2,1-2H3,(H2,21,22,23,24). The summed E-state index contributed by atoms with van der Waals surface area (Å²) in [5.41, 5.74) is 10.2. The van der Waals surface area contributed by atoms with Crippen molar-refractivity contribution in [3.8, 4) is 0 Å². The molecule has 0 saturated carbocycles. The molecular weight excluding hydrogens is 328 g/mol. The maximum atomic E-state index is 6.26. The molecule has 0 amide bonds. The van der Waals surface area contributed by atoms with Crippen LogP contribution in [-0.2, 0) is 4.74 Å². The number of rotatable bonds is 7. The van der Waals surface area contributed by atoms with Gasteiger partial charge in [-0.05, 0) is 50.1 Å². The molecule has 1 aliphatic heterocycles. The minimum Gasteiger partial charge on any atom is -0.393 e. The SMILES string of the molecule is Cc1cc(C)cc(Nc2ncnc(NCCCN3CCOCC3)c2N)c1. The first-order valence-corrected chi connectivity index (χ1v) is 9.11. The van der Waals surface area contributed by atoms with Gasteiger partial charge in [-0.15, -0.1) is 0 Å². The maximum Gasteiger partial charge on any atom is 0.159 e. The zero-order valence-corrected chi connectivity index (χ0v) is 15.6. The first kappa shape index (κ1) is 18.4. The van der Waals surface area contributed by atoms with Gasteiger partial charge in [0.2, 0.25) is 0 Å². The van der Waals surface area contributed by atoms with E-state index in [1.165, 1.54) is 17.5 Å². The van der Waals surface area contributed by atoms with Gasteiger partial charge in [0.05, 0.1) is 13.2 Å². The van der Waals surface area contributed by atoms with Crippen LogP contribution < -0.4 is 16.4 Å². The topological polar surface area (TPSA) is 88.3 Å². The Morgan fingerprint density at radius 1 is 1.08 bits per heavy atom. The molecule has 1 saturated heterocycles. The van der Waals surface area contributed by atoms with Crippen molar-refractivity contribution in [3.05, 3.63) is 35.7 Å². The minimum atomic E-state index is 0.540. The summed E-state index contributed by atoms with van der Waals surface area (Å²) in [6.07, 6.45) is 2.56. The number of aromatic nitrogens is 2. The Morgan fingerprint density at radius 3 is 2.50 bits per heavy atom. The van der Waals surface area contributed by atoms with Crippen LogP contribution in [0, 0.1) is 13.8 Å². The lowest BCUT2D eigenvalue weighted by atomic mass is 10.1. The third-order valence-electron chi connectivity index (χ3n) is 4.42. The fraction of sp³-hybridized carbons (Fsp3) is 0.474. The summed E-state index contributed by atoms with van der Waals surface area (Å²) in [5.74, 6) is 1.30. The predicted octanol–water partition coefficient (Wildman–Crippen LogP) is 2.55. The number of nitrogens with two attached hydrogens (primary N) is 1. The molecule has 1 aromatic heterocycles. The molecule has 1 fully saturated rings. The van der Waals surface area contributed by atoms with Gasteiger partial charge in [-0.25, -0.2) is 9.97 Å². The number of nitrogen functional groups attached to an aromatic ring is 1. The molecule has 0 atom stereocenters. The molecule has 1 aliphatic rings. The molecule has 0 radical (unpaired) electrons. The zero-order chi connectivity index (χ0) is 18.4. The number of anilines is 4. The van der Waals surface area contributed by atoms with E-state index in [2.05, 4.69) is 57.5 Å². The van der Waals surface area contributed by atoms with Crippen LogP contribution in [0.5, 0.6) is 0 Å². The average Bonchev–Trinajstić information content (AvgIpc) is 2.61. The van der Waals surface area contributed by atoms with Crippen molar-refractivity contribution in [3.63, 3.8) is 0 Å². The molecule has 2 aromatic rings. The molecule has 7 heteroatoms. The molecule has 7 nitrogen and oxygen atoms in total. The second-order valence-corrected chi connectivity index (χ2v) is 6.72. The smallest absolute Gasteiger partial charge is 0.159 e.